The Bertz CT molecular complexity index is 640. The summed E-state index contributed by atoms with van der Waals surface area (Å²) in [5.41, 5.74) is 2.24. The summed E-state index contributed by atoms with van der Waals surface area (Å²) in [4.78, 5) is 0. The zero-order valence-electron chi connectivity index (χ0n) is 9.90. The molecular weight excluding hydrogens is 290 g/mol. The van der Waals surface area contributed by atoms with Crippen LogP contribution in [0.3, 0.4) is 0 Å². The van der Waals surface area contributed by atoms with Gasteiger partial charge >= 0.3 is 0 Å². The first kappa shape index (κ1) is 13.4. The number of anilines is 1. The molecule has 0 aliphatic heterocycles. The van der Waals surface area contributed by atoms with Gasteiger partial charge in [-0.25, -0.2) is 8.42 Å². The molecule has 0 saturated heterocycles. The van der Waals surface area contributed by atoms with E-state index >= 15 is 0 Å². The molecule has 18 heavy (non-hydrogen) atoms. The number of benzene rings is 1. The van der Waals surface area contributed by atoms with Gasteiger partial charge in [0.25, 0.3) is 10.0 Å². The Hall–Kier alpha value is -1.04. The lowest BCUT2D eigenvalue weighted by atomic mass is 10.1. The Morgan fingerprint density at radius 2 is 2.00 bits per heavy atom. The molecule has 1 heterocycles. The molecule has 1 aromatic carbocycles. The summed E-state index contributed by atoms with van der Waals surface area (Å²) < 4.78 is 27.0. The van der Waals surface area contributed by atoms with Crippen LogP contribution in [0.1, 0.15) is 11.1 Å². The lowest BCUT2D eigenvalue weighted by Crippen LogP contribution is -2.12. The van der Waals surface area contributed by atoms with Crippen molar-refractivity contribution < 1.29 is 8.42 Å². The molecule has 1 N–H and O–H groups in total. The van der Waals surface area contributed by atoms with Gasteiger partial charge in [0.1, 0.15) is 4.21 Å². The molecule has 0 radical (unpaired) electrons. The minimum Gasteiger partial charge on any atom is -0.277 e. The molecule has 2 rings (SSSR count). The van der Waals surface area contributed by atoms with Gasteiger partial charge in [-0.15, -0.1) is 11.3 Å². The zero-order valence-corrected chi connectivity index (χ0v) is 12.3. The second-order valence-corrected chi connectivity index (χ2v) is 7.24. The molecule has 2 aromatic rings. The molecule has 0 unspecified atom stereocenters. The Kier molecular flexibility index (Phi) is 3.66. The highest BCUT2D eigenvalue weighted by molar-refractivity contribution is 7.94. The van der Waals surface area contributed by atoms with E-state index in [0.29, 0.717) is 10.7 Å². The summed E-state index contributed by atoms with van der Waals surface area (Å²) in [6.45, 7) is 3.74. The molecule has 3 nitrogen and oxygen atoms in total. The molecule has 0 spiro atoms. The van der Waals surface area contributed by atoms with E-state index < -0.39 is 10.0 Å². The van der Waals surface area contributed by atoms with Crippen LogP contribution in [0, 0.1) is 13.8 Å². The third kappa shape index (κ3) is 2.68. The Morgan fingerprint density at radius 3 is 2.56 bits per heavy atom. The third-order valence-corrected chi connectivity index (χ3v) is 5.47. The highest BCUT2D eigenvalue weighted by Crippen LogP contribution is 2.30. The molecule has 0 fully saturated rings. The number of hydrogen-bond donors (Lipinski definition) is 1. The van der Waals surface area contributed by atoms with Gasteiger partial charge in [-0.3, -0.25) is 4.72 Å². The van der Waals surface area contributed by atoms with E-state index in [4.69, 9.17) is 11.6 Å². The molecular formula is C12H12ClNO2S2. The quantitative estimate of drug-likeness (QED) is 0.937. The maximum Gasteiger partial charge on any atom is 0.271 e. The van der Waals surface area contributed by atoms with Gasteiger partial charge < -0.3 is 0 Å². The topological polar surface area (TPSA) is 46.2 Å². The molecule has 0 atom stereocenters. The fourth-order valence-corrected chi connectivity index (χ4v) is 4.22. The van der Waals surface area contributed by atoms with Crippen LogP contribution in [0.25, 0.3) is 0 Å². The van der Waals surface area contributed by atoms with E-state index in [1.165, 1.54) is 11.3 Å². The normalized spacial score (nSPS) is 11.5. The zero-order chi connectivity index (χ0) is 13.3. The SMILES string of the molecule is Cc1cc(C)c(NS(=O)(=O)c2cccs2)c(Cl)c1. The van der Waals surface area contributed by atoms with Crippen LogP contribution < -0.4 is 4.72 Å². The van der Waals surface area contributed by atoms with Gasteiger partial charge in [0, 0.05) is 0 Å². The highest BCUT2D eigenvalue weighted by Gasteiger charge is 2.18. The van der Waals surface area contributed by atoms with E-state index in [9.17, 15) is 8.42 Å². The number of nitrogens with one attached hydrogen (secondary N) is 1. The van der Waals surface area contributed by atoms with Crippen LogP contribution in [0.4, 0.5) is 5.69 Å². The largest absolute Gasteiger partial charge is 0.277 e. The lowest BCUT2D eigenvalue weighted by molar-refractivity contribution is 0.603. The van der Waals surface area contributed by atoms with Crippen molar-refractivity contribution in [3.63, 3.8) is 0 Å². The molecule has 0 aliphatic rings. The smallest absolute Gasteiger partial charge is 0.271 e. The van der Waals surface area contributed by atoms with Gasteiger partial charge in [-0.05, 0) is 42.5 Å². The number of hydrogen-bond acceptors (Lipinski definition) is 3. The fourth-order valence-electron chi connectivity index (χ4n) is 1.65. The van der Waals surface area contributed by atoms with Crippen molar-refractivity contribution >= 4 is 38.6 Å². The van der Waals surface area contributed by atoms with E-state index in [1.54, 1.807) is 23.6 Å². The molecule has 0 bridgehead atoms. The van der Waals surface area contributed by atoms with Crippen molar-refractivity contribution in [1.82, 2.24) is 0 Å². The average molecular weight is 302 g/mol. The van der Waals surface area contributed by atoms with Crippen LogP contribution >= 0.6 is 22.9 Å². The van der Waals surface area contributed by atoms with Gasteiger partial charge in [-0.1, -0.05) is 23.7 Å². The first-order valence-electron chi connectivity index (χ1n) is 5.23. The van der Waals surface area contributed by atoms with Crippen LogP contribution in [0.15, 0.2) is 33.9 Å². The maximum absolute atomic E-state index is 12.1. The summed E-state index contributed by atoms with van der Waals surface area (Å²) >= 11 is 7.25. The fraction of sp³-hybridized carbons (Fsp3) is 0.167. The predicted molar refractivity (Wildman–Crippen MR) is 76.1 cm³/mol. The van der Waals surface area contributed by atoms with Crippen LogP contribution in [0.5, 0.6) is 0 Å². The molecule has 1 aromatic heterocycles. The molecule has 6 heteroatoms. The number of sulfonamides is 1. The summed E-state index contributed by atoms with van der Waals surface area (Å²) in [5.74, 6) is 0. The van der Waals surface area contributed by atoms with Crippen molar-refractivity contribution in [2.45, 2.75) is 18.1 Å². The van der Waals surface area contributed by atoms with E-state index in [2.05, 4.69) is 4.72 Å². The number of rotatable bonds is 3. The second kappa shape index (κ2) is 4.91. The number of aryl methyl sites for hydroxylation is 2. The minimum atomic E-state index is -3.54. The minimum absolute atomic E-state index is 0.276. The van der Waals surface area contributed by atoms with Crippen LogP contribution in [-0.4, -0.2) is 8.42 Å². The summed E-state index contributed by atoms with van der Waals surface area (Å²) in [6.07, 6.45) is 0. The van der Waals surface area contributed by atoms with Crippen molar-refractivity contribution in [2.24, 2.45) is 0 Å². The second-order valence-electron chi connectivity index (χ2n) is 3.98. The highest BCUT2D eigenvalue weighted by atomic mass is 35.5. The average Bonchev–Trinajstić information content (AvgIpc) is 2.77. The standard InChI is InChI=1S/C12H12ClNO2S2/c1-8-6-9(2)12(10(13)7-8)14-18(15,16)11-4-3-5-17-11/h3-7,14H,1-2H3. The van der Waals surface area contributed by atoms with Crippen molar-refractivity contribution in [2.75, 3.05) is 4.72 Å². The van der Waals surface area contributed by atoms with E-state index in [0.717, 1.165) is 11.1 Å². The molecule has 96 valence electrons. The van der Waals surface area contributed by atoms with Gasteiger partial charge in [0.05, 0.1) is 10.7 Å². The summed E-state index contributed by atoms with van der Waals surface area (Å²) in [6, 6.07) is 6.88. The van der Waals surface area contributed by atoms with Crippen molar-refractivity contribution in [3.8, 4) is 0 Å². The van der Waals surface area contributed by atoms with E-state index in [1.807, 2.05) is 19.9 Å². The Morgan fingerprint density at radius 1 is 1.28 bits per heavy atom. The molecule has 0 amide bonds. The van der Waals surface area contributed by atoms with Gasteiger partial charge in [0.2, 0.25) is 0 Å². The van der Waals surface area contributed by atoms with Gasteiger partial charge in [0.15, 0.2) is 0 Å². The van der Waals surface area contributed by atoms with Crippen LogP contribution in [-0.2, 0) is 10.0 Å². The number of thiophene rings is 1. The molecule has 0 aliphatic carbocycles. The Labute approximate surface area is 115 Å². The van der Waals surface area contributed by atoms with Crippen LogP contribution in [0.2, 0.25) is 5.02 Å². The maximum atomic E-state index is 12.1. The third-order valence-electron chi connectivity index (χ3n) is 2.43. The van der Waals surface area contributed by atoms with Crippen molar-refractivity contribution in [1.29, 1.82) is 0 Å². The first-order valence-corrected chi connectivity index (χ1v) is 7.97. The number of halogens is 1. The molecule has 0 saturated carbocycles. The lowest BCUT2D eigenvalue weighted by Gasteiger charge is -2.12. The van der Waals surface area contributed by atoms with Crippen molar-refractivity contribution in [3.05, 3.63) is 45.8 Å². The first-order chi connectivity index (χ1) is 8.40. The Balaban J connectivity index is 2.42. The van der Waals surface area contributed by atoms with E-state index in [-0.39, 0.29) is 4.21 Å². The predicted octanol–water partition coefficient (Wildman–Crippen LogP) is 3.82. The monoisotopic (exact) mass is 301 g/mol. The van der Waals surface area contributed by atoms with Gasteiger partial charge in [-0.2, -0.15) is 0 Å². The summed E-state index contributed by atoms with van der Waals surface area (Å²) in [7, 11) is -3.54. The summed E-state index contributed by atoms with van der Waals surface area (Å²) in [5, 5.41) is 2.13.